The Hall–Kier alpha value is -4.20. The van der Waals surface area contributed by atoms with E-state index in [9.17, 15) is 9.59 Å². The summed E-state index contributed by atoms with van der Waals surface area (Å²) in [5, 5.41) is 0. The summed E-state index contributed by atoms with van der Waals surface area (Å²) in [7, 11) is 4.58. The Morgan fingerprint density at radius 3 is 2.39 bits per heavy atom. The largest absolute Gasteiger partial charge is 0.496 e. The van der Waals surface area contributed by atoms with Crippen LogP contribution in [0, 0.1) is 0 Å². The SMILES string of the molecule is COc1cc(OC)c(OC)cc1/C=C1\Oc2c(ccc3c2[C@@H](c2ccco2)CC(=O)O3)C1=O. The van der Waals surface area contributed by atoms with E-state index in [4.69, 9.17) is 28.1 Å². The van der Waals surface area contributed by atoms with Gasteiger partial charge in [-0.25, -0.2) is 0 Å². The minimum absolute atomic E-state index is 0.0804. The molecule has 3 aromatic rings. The molecule has 0 saturated carbocycles. The lowest BCUT2D eigenvalue weighted by Crippen LogP contribution is -2.21. The lowest BCUT2D eigenvalue weighted by atomic mass is 9.88. The highest BCUT2D eigenvalue weighted by Crippen LogP contribution is 2.49. The van der Waals surface area contributed by atoms with Crippen molar-refractivity contribution in [2.24, 2.45) is 0 Å². The highest BCUT2D eigenvalue weighted by molar-refractivity contribution is 6.15. The Labute approximate surface area is 189 Å². The molecule has 3 heterocycles. The zero-order chi connectivity index (χ0) is 23.1. The first kappa shape index (κ1) is 20.7. The lowest BCUT2D eigenvalue weighted by Gasteiger charge is -2.24. The Bertz CT molecular complexity index is 1290. The summed E-state index contributed by atoms with van der Waals surface area (Å²) >= 11 is 0. The minimum Gasteiger partial charge on any atom is -0.496 e. The number of fused-ring (bicyclic) bond motifs is 3. The van der Waals surface area contributed by atoms with Crippen molar-refractivity contribution in [3.8, 4) is 28.7 Å². The van der Waals surface area contributed by atoms with Crippen LogP contribution in [0.1, 0.15) is 39.6 Å². The van der Waals surface area contributed by atoms with Crippen molar-refractivity contribution >= 4 is 17.8 Å². The average molecular weight is 448 g/mol. The van der Waals surface area contributed by atoms with Crippen molar-refractivity contribution in [1.82, 2.24) is 0 Å². The maximum absolute atomic E-state index is 13.2. The van der Waals surface area contributed by atoms with Crippen LogP contribution in [0.3, 0.4) is 0 Å². The Balaban J connectivity index is 1.60. The van der Waals surface area contributed by atoms with Crippen LogP contribution in [-0.4, -0.2) is 33.1 Å². The lowest BCUT2D eigenvalue weighted by molar-refractivity contribution is -0.135. The number of methoxy groups -OCH3 is 3. The number of carbonyl (C=O) groups excluding carboxylic acids is 2. The second kappa shape index (κ2) is 8.05. The molecule has 2 aromatic carbocycles. The van der Waals surface area contributed by atoms with Crippen molar-refractivity contribution in [1.29, 1.82) is 0 Å². The van der Waals surface area contributed by atoms with Crippen LogP contribution < -0.4 is 23.7 Å². The highest BCUT2D eigenvalue weighted by Gasteiger charge is 2.39. The van der Waals surface area contributed by atoms with Crippen LogP contribution in [0.4, 0.5) is 0 Å². The molecule has 1 aromatic heterocycles. The van der Waals surface area contributed by atoms with E-state index in [1.165, 1.54) is 21.3 Å². The first-order valence-electron chi connectivity index (χ1n) is 10.2. The summed E-state index contributed by atoms with van der Waals surface area (Å²) in [4.78, 5) is 25.4. The summed E-state index contributed by atoms with van der Waals surface area (Å²) in [5.74, 6) is 1.78. The summed E-state index contributed by atoms with van der Waals surface area (Å²) in [6.45, 7) is 0. The maximum Gasteiger partial charge on any atom is 0.312 e. The maximum atomic E-state index is 13.2. The fraction of sp³-hybridized carbons (Fsp3) is 0.200. The minimum atomic E-state index is -0.422. The van der Waals surface area contributed by atoms with Gasteiger partial charge < -0.3 is 28.1 Å². The molecule has 0 aliphatic carbocycles. The molecule has 1 atom stereocenters. The average Bonchev–Trinajstić information content (AvgIpc) is 3.47. The number of esters is 1. The molecule has 0 saturated heterocycles. The van der Waals surface area contributed by atoms with Crippen molar-refractivity contribution in [2.45, 2.75) is 12.3 Å². The van der Waals surface area contributed by atoms with Gasteiger partial charge in [0.2, 0.25) is 5.78 Å². The standard InChI is InChI=1S/C25H20O8/c1-28-18-12-20(30-3)19(29-2)9-13(18)10-21-24(27)14-6-7-17-23(25(14)33-21)15(11-22(26)32-17)16-5-4-8-31-16/h4-10,12,15H,11H2,1-3H3/b21-10-/t15-/m1/s1. The van der Waals surface area contributed by atoms with E-state index in [2.05, 4.69) is 0 Å². The third-order valence-corrected chi connectivity index (χ3v) is 5.69. The van der Waals surface area contributed by atoms with Gasteiger partial charge in [0.1, 0.15) is 23.0 Å². The number of ketones is 1. The molecule has 0 radical (unpaired) electrons. The third-order valence-electron chi connectivity index (χ3n) is 5.69. The van der Waals surface area contributed by atoms with Crippen molar-refractivity contribution in [2.75, 3.05) is 21.3 Å². The monoisotopic (exact) mass is 448 g/mol. The number of Topliss-reactive ketones (excluding diaryl/α,β-unsaturated/α-hetero) is 1. The molecule has 0 unspecified atom stereocenters. The number of allylic oxidation sites excluding steroid dienone is 1. The van der Waals surface area contributed by atoms with Crippen molar-refractivity contribution in [3.63, 3.8) is 0 Å². The van der Waals surface area contributed by atoms with Crippen LogP contribution in [0.15, 0.2) is 52.8 Å². The molecule has 168 valence electrons. The number of carbonyl (C=O) groups is 2. The number of hydrogen-bond acceptors (Lipinski definition) is 8. The molecule has 0 amide bonds. The predicted octanol–water partition coefficient (Wildman–Crippen LogP) is 4.36. The molecule has 5 rings (SSSR count). The third kappa shape index (κ3) is 3.40. The van der Waals surface area contributed by atoms with E-state index in [-0.39, 0.29) is 23.9 Å². The molecular weight excluding hydrogens is 428 g/mol. The van der Waals surface area contributed by atoms with Crippen molar-refractivity contribution < 1.29 is 37.7 Å². The predicted molar refractivity (Wildman–Crippen MR) is 116 cm³/mol. The van der Waals surface area contributed by atoms with Gasteiger partial charge in [-0.3, -0.25) is 9.59 Å². The van der Waals surface area contributed by atoms with E-state index >= 15 is 0 Å². The topological polar surface area (TPSA) is 93.4 Å². The highest BCUT2D eigenvalue weighted by atomic mass is 16.5. The molecule has 8 heteroatoms. The Kier molecular flexibility index (Phi) is 5.05. The van der Waals surface area contributed by atoms with Crippen LogP contribution in [-0.2, 0) is 4.79 Å². The van der Waals surface area contributed by atoms with Gasteiger partial charge in [-0.05, 0) is 36.4 Å². The van der Waals surface area contributed by atoms with E-state index < -0.39 is 5.92 Å². The molecule has 0 fully saturated rings. The number of furan rings is 1. The molecule has 8 nitrogen and oxygen atoms in total. The normalized spacial score (nSPS) is 17.8. The molecule has 2 aliphatic rings. The van der Waals surface area contributed by atoms with E-state index in [0.29, 0.717) is 51.2 Å². The van der Waals surface area contributed by atoms with Gasteiger partial charge in [0.15, 0.2) is 17.3 Å². The van der Waals surface area contributed by atoms with Gasteiger partial charge >= 0.3 is 5.97 Å². The van der Waals surface area contributed by atoms with Crippen LogP contribution >= 0.6 is 0 Å². The number of hydrogen-bond donors (Lipinski definition) is 0. The molecule has 0 bridgehead atoms. The van der Waals surface area contributed by atoms with Gasteiger partial charge in [0.25, 0.3) is 0 Å². The fourth-order valence-corrected chi connectivity index (χ4v) is 4.15. The van der Waals surface area contributed by atoms with E-state index in [1.54, 1.807) is 48.7 Å². The smallest absolute Gasteiger partial charge is 0.312 e. The molecular formula is C25H20O8. The molecule has 2 aliphatic heterocycles. The first-order valence-corrected chi connectivity index (χ1v) is 10.2. The molecule has 0 N–H and O–H groups in total. The van der Waals surface area contributed by atoms with E-state index in [0.717, 1.165) is 0 Å². The zero-order valence-corrected chi connectivity index (χ0v) is 18.2. The number of rotatable bonds is 5. The van der Waals surface area contributed by atoms with Crippen LogP contribution in [0.5, 0.6) is 28.7 Å². The number of benzene rings is 2. The second-order valence-electron chi connectivity index (χ2n) is 7.49. The van der Waals surface area contributed by atoms with Gasteiger partial charge in [-0.1, -0.05) is 0 Å². The first-order chi connectivity index (χ1) is 16.0. The summed E-state index contributed by atoms with van der Waals surface area (Å²) < 4.78 is 33.2. The molecule has 33 heavy (non-hydrogen) atoms. The van der Waals surface area contributed by atoms with Gasteiger partial charge in [0.05, 0.1) is 45.5 Å². The fourth-order valence-electron chi connectivity index (χ4n) is 4.15. The Morgan fingerprint density at radius 2 is 1.70 bits per heavy atom. The van der Waals surface area contributed by atoms with Crippen LogP contribution in [0.2, 0.25) is 0 Å². The van der Waals surface area contributed by atoms with Gasteiger partial charge in [-0.15, -0.1) is 0 Å². The van der Waals surface area contributed by atoms with Crippen LogP contribution in [0.25, 0.3) is 6.08 Å². The molecule has 0 spiro atoms. The summed E-state index contributed by atoms with van der Waals surface area (Å²) in [6.07, 6.45) is 3.21. The van der Waals surface area contributed by atoms with Crippen molar-refractivity contribution in [3.05, 3.63) is 70.9 Å². The van der Waals surface area contributed by atoms with E-state index in [1.807, 2.05) is 0 Å². The van der Waals surface area contributed by atoms with Gasteiger partial charge in [-0.2, -0.15) is 0 Å². The summed E-state index contributed by atoms with van der Waals surface area (Å²) in [5.41, 5.74) is 1.57. The number of ether oxygens (including phenoxy) is 5. The zero-order valence-electron chi connectivity index (χ0n) is 18.2. The Morgan fingerprint density at radius 1 is 0.939 bits per heavy atom. The van der Waals surface area contributed by atoms with Gasteiger partial charge in [0, 0.05) is 17.2 Å². The summed E-state index contributed by atoms with van der Waals surface area (Å²) in [6, 6.07) is 10.1. The quantitative estimate of drug-likeness (QED) is 0.323. The second-order valence-corrected chi connectivity index (χ2v) is 7.49.